The molecule has 3 aromatic carbocycles. The molecule has 136 valence electrons. The topological polar surface area (TPSA) is 43.4 Å². The molecule has 0 spiro atoms. The normalized spacial score (nSPS) is 10.4. The molecule has 0 heterocycles. The van der Waals surface area contributed by atoms with Crippen molar-refractivity contribution < 1.29 is 14.3 Å². The van der Waals surface area contributed by atoms with E-state index in [4.69, 9.17) is 27.9 Å². The molecular weight excluding hydrogens is 383 g/mol. The van der Waals surface area contributed by atoms with Crippen molar-refractivity contribution in [1.82, 2.24) is 0 Å². The molecular formula is C22H16Cl2O3. The molecule has 3 nitrogen and oxygen atoms in total. The highest BCUT2D eigenvalue weighted by atomic mass is 35.5. The first-order chi connectivity index (χ1) is 13.0. The summed E-state index contributed by atoms with van der Waals surface area (Å²) in [5.74, 6) is -0.750. The highest BCUT2D eigenvalue weighted by Gasteiger charge is 2.12. The molecule has 0 aliphatic carbocycles. The average Bonchev–Trinajstić information content (AvgIpc) is 2.70. The molecule has 0 radical (unpaired) electrons. The summed E-state index contributed by atoms with van der Waals surface area (Å²) in [6, 6.07) is 22.0. The van der Waals surface area contributed by atoms with E-state index in [1.165, 1.54) is 0 Å². The van der Waals surface area contributed by atoms with Crippen LogP contribution in [0.25, 0.3) is 11.1 Å². The first-order valence-corrected chi connectivity index (χ1v) is 9.07. The number of ether oxygens (including phenoxy) is 1. The molecule has 5 heteroatoms. The van der Waals surface area contributed by atoms with E-state index < -0.39 is 5.97 Å². The maximum Gasteiger partial charge on any atom is 0.310 e. The van der Waals surface area contributed by atoms with E-state index in [0.29, 0.717) is 21.2 Å². The van der Waals surface area contributed by atoms with Crippen LogP contribution in [0.3, 0.4) is 0 Å². The minimum atomic E-state index is -0.498. The van der Waals surface area contributed by atoms with Crippen LogP contribution in [-0.4, -0.2) is 18.4 Å². The van der Waals surface area contributed by atoms with Gasteiger partial charge in [-0.2, -0.15) is 0 Å². The fourth-order valence-corrected chi connectivity index (χ4v) is 2.90. The number of ketones is 1. The summed E-state index contributed by atoms with van der Waals surface area (Å²) in [5.41, 5.74) is 3.26. The fraction of sp³-hybridized carbons (Fsp3) is 0.0909. The predicted octanol–water partition coefficient (Wildman–Crippen LogP) is 5.63. The molecule has 3 aromatic rings. The SMILES string of the molecule is O=C(Cc1ccc(Cl)c(Cl)c1)OCC(=O)c1ccc(-c2ccccc2)cc1. The standard InChI is InChI=1S/C22H16Cl2O3/c23-19-11-6-15(12-20(19)24)13-22(26)27-14-21(25)18-9-7-17(8-10-18)16-4-2-1-3-5-16/h1-12H,13-14H2. The van der Waals surface area contributed by atoms with Gasteiger partial charge in [0.1, 0.15) is 0 Å². The number of halogens is 2. The molecule has 0 atom stereocenters. The smallest absolute Gasteiger partial charge is 0.310 e. The van der Waals surface area contributed by atoms with Crippen molar-refractivity contribution in [1.29, 1.82) is 0 Å². The minimum Gasteiger partial charge on any atom is -0.457 e. The summed E-state index contributed by atoms with van der Waals surface area (Å²) < 4.78 is 5.08. The molecule has 0 unspecified atom stereocenters. The van der Waals surface area contributed by atoms with Crippen LogP contribution in [0.2, 0.25) is 10.0 Å². The predicted molar refractivity (Wildman–Crippen MR) is 107 cm³/mol. The lowest BCUT2D eigenvalue weighted by atomic mass is 10.0. The number of rotatable bonds is 6. The Balaban J connectivity index is 1.55. The number of Topliss-reactive ketones (excluding diaryl/α,β-unsaturated/α-hetero) is 1. The number of carbonyl (C=O) groups excluding carboxylic acids is 2. The van der Waals surface area contributed by atoms with Crippen LogP contribution in [0, 0.1) is 0 Å². The molecule has 0 saturated heterocycles. The van der Waals surface area contributed by atoms with Crippen LogP contribution >= 0.6 is 23.2 Å². The first kappa shape index (κ1) is 19.2. The van der Waals surface area contributed by atoms with Crippen molar-refractivity contribution in [2.24, 2.45) is 0 Å². The second-order valence-electron chi connectivity index (χ2n) is 5.95. The average molecular weight is 399 g/mol. The van der Waals surface area contributed by atoms with E-state index in [9.17, 15) is 9.59 Å². The van der Waals surface area contributed by atoms with E-state index in [1.54, 1.807) is 30.3 Å². The summed E-state index contributed by atoms with van der Waals surface area (Å²) in [5, 5.41) is 0.791. The molecule has 0 aliphatic rings. The first-order valence-electron chi connectivity index (χ1n) is 8.31. The fourth-order valence-electron chi connectivity index (χ4n) is 2.58. The van der Waals surface area contributed by atoms with Gasteiger partial charge < -0.3 is 4.74 Å². The Morgan fingerprint density at radius 1 is 0.778 bits per heavy atom. The van der Waals surface area contributed by atoms with Crippen molar-refractivity contribution in [2.45, 2.75) is 6.42 Å². The third-order valence-electron chi connectivity index (χ3n) is 4.01. The molecule has 0 N–H and O–H groups in total. The third kappa shape index (κ3) is 5.19. The Hall–Kier alpha value is -2.62. The van der Waals surface area contributed by atoms with Gasteiger partial charge in [-0.05, 0) is 28.8 Å². The quantitative estimate of drug-likeness (QED) is 0.399. The Morgan fingerprint density at radius 3 is 2.11 bits per heavy atom. The number of hydrogen-bond acceptors (Lipinski definition) is 3. The maximum absolute atomic E-state index is 12.2. The van der Waals surface area contributed by atoms with Crippen molar-refractivity contribution in [3.8, 4) is 11.1 Å². The molecule has 0 aliphatic heterocycles. The van der Waals surface area contributed by atoms with Crippen LogP contribution < -0.4 is 0 Å². The molecule has 3 rings (SSSR count). The zero-order valence-electron chi connectivity index (χ0n) is 14.3. The number of esters is 1. The lowest BCUT2D eigenvalue weighted by Crippen LogP contribution is -2.15. The Labute approximate surface area is 167 Å². The molecule has 0 saturated carbocycles. The van der Waals surface area contributed by atoms with Crippen molar-refractivity contribution in [3.05, 3.63) is 94.0 Å². The lowest BCUT2D eigenvalue weighted by Gasteiger charge is -2.07. The Morgan fingerprint density at radius 2 is 1.44 bits per heavy atom. The zero-order valence-corrected chi connectivity index (χ0v) is 15.8. The van der Waals surface area contributed by atoms with Gasteiger partial charge in [-0.25, -0.2) is 0 Å². The van der Waals surface area contributed by atoms with E-state index in [0.717, 1.165) is 11.1 Å². The van der Waals surface area contributed by atoms with Crippen molar-refractivity contribution in [2.75, 3.05) is 6.61 Å². The van der Waals surface area contributed by atoms with Gasteiger partial charge in [0.05, 0.1) is 16.5 Å². The van der Waals surface area contributed by atoms with Gasteiger partial charge in [-0.1, -0.05) is 83.9 Å². The van der Waals surface area contributed by atoms with Gasteiger partial charge >= 0.3 is 5.97 Å². The van der Waals surface area contributed by atoms with E-state index in [2.05, 4.69) is 0 Å². The Kier molecular flexibility index (Phi) is 6.28. The molecule has 0 amide bonds. The number of hydrogen-bond donors (Lipinski definition) is 0. The van der Waals surface area contributed by atoms with Crippen molar-refractivity contribution >= 4 is 35.0 Å². The number of benzene rings is 3. The van der Waals surface area contributed by atoms with Crippen molar-refractivity contribution in [3.63, 3.8) is 0 Å². The van der Waals surface area contributed by atoms with Gasteiger partial charge in [0.2, 0.25) is 0 Å². The third-order valence-corrected chi connectivity index (χ3v) is 4.75. The minimum absolute atomic E-state index is 0.0249. The van der Waals surface area contributed by atoms with Gasteiger partial charge in [-0.3, -0.25) is 9.59 Å². The molecule has 0 bridgehead atoms. The van der Waals surface area contributed by atoms with E-state index in [-0.39, 0.29) is 18.8 Å². The zero-order chi connectivity index (χ0) is 19.2. The Bertz CT molecular complexity index is 951. The molecule has 27 heavy (non-hydrogen) atoms. The largest absolute Gasteiger partial charge is 0.457 e. The summed E-state index contributed by atoms with van der Waals surface area (Å²) in [6.07, 6.45) is 0.0249. The van der Waals surface area contributed by atoms with Gasteiger partial charge in [-0.15, -0.1) is 0 Å². The van der Waals surface area contributed by atoms with Crippen LogP contribution in [0.1, 0.15) is 15.9 Å². The van der Waals surface area contributed by atoms with Crippen LogP contribution in [-0.2, 0) is 16.0 Å². The van der Waals surface area contributed by atoms with Gasteiger partial charge in [0.15, 0.2) is 12.4 Å². The number of carbonyl (C=O) groups is 2. The lowest BCUT2D eigenvalue weighted by molar-refractivity contribution is -0.141. The highest BCUT2D eigenvalue weighted by Crippen LogP contribution is 2.23. The summed E-state index contributed by atoms with van der Waals surface area (Å²) in [4.78, 5) is 24.2. The van der Waals surface area contributed by atoms with E-state index >= 15 is 0 Å². The maximum atomic E-state index is 12.2. The summed E-state index contributed by atoms with van der Waals surface area (Å²) in [6.45, 7) is -0.301. The second-order valence-corrected chi connectivity index (χ2v) is 6.77. The second kappa shape index (κ2) is 8.85. The van der Waals surface area contributed by atoms with Crippen LogP contribution in [0.4, 0.5) is 0 Å². The monoisotopic (exact) mass is 398 g/mol. The molecule has 0 aromatic heterocycles. The van der Waals surface area contributed by atoms with E-state index in [1.807, 2.05) is 42.5 Å². The summed E-state index contributed by atoms with van der Waals surface area (Å²) in [7, 11) is 0. The van der Waals surface area contributed by atoms with Gasteiger partial charge in [0, 0.05) is 5.56 Å². The van der Waals surface area contributed by atoms with Crippen LogP contribution in [0.5, 0.6) is 0 Å². The highest BCUT2D eigenvalue weighted by molar-refractivity contribution is 6.42. The van der Waals surface area contributed by atoms with Gasteiger partial charge in [0.25, 0.3) is 0 Å². The van der Waals surface area contributed by atoms with Crippen LogP contribution in [0.15, 0.2) is 72.8 Å². The molecule has 0 fully saturated rings. The summed E-state index contributed by atoms with van der Waals surface area (Å²) >= 11 is 11.8.